The van der Waals surface area contributed by atoms with Crippen molar-refractivity contribution < 1.29 is 19.1 Å². The van der Waals surface area contributed by atoms with Gasteiger partial charge in [0.25, 0.3) is 5.91 Å². The zero-order valence-corrected chi connectivity index (χ0v) is 18.0. The maximum atomic E-state index is 12.4. The summed E-state index contributed by atoms with van der Waals surface area (Å²) in [6, 6.07) is 14.7. The highest BCUT2D eigenvalue weighted by Gasteiger charge is 2.34. The lowest BCUT2D eigenvalue weighted by atomic mass is 10.1. The molecule has 1 aliphatic heterocycles. The van der Waals surface area contributed by atoms with Crippen LogP contribution >= 0.6 is 0 Å². The van der Waals surface area contributed by atoms with Gasteiger partial charge in [0.15, 0.2) is 6.61 Å². The summed E-state index contributed by atoms with van der Waals surface area (Å²) in [5, 5.41) is 5.72. The Balaban J connectivity index is 1.52. The van der Waals surface area contributed by atoms with Gasteiger partial charge in [0.1, 0.15) is 5.75 Å². The third-order valence-corrected chi connectivity index (χ3v) is 5.24. The van der Waals surface area contributed by atoms with Gasteiger partial charge in [-0.1, -0.05) is 32.0 Å². The molecule has 2 aromatic rings. The Labute approximate surface area is 182 Å². The predicted molar refractivity (Wildman–Crippen MR) is 120 cm³/mol. The van der Waals surface area contributed by atoms with E-state index in [1.165, 1.54) is 0 Å². The summed E-state index contributed by atoms with van der Waals surface area (Å²) < 4.78 is 5.58. The number of benzene rings is 2. The largest absolute Gasteiger partial charge is 0.484 e. The molecule has 0 bridgehead atoms. The van der Waals surface area contributed by atoms with Gasteiger partial charge in [-0.25, -0.2) is 0 Å². The van der Waals surface area contributed by atoms with Crippen LogP contribution in [-0.2, 0) is 20.8 Å². The summed E-state index contributed by atoms with van der Waals surface area (Å²) in [6.07, 6.45) is 1.91. The Bertz CT molecular complexity index is 927. The number of carbonyl (C=O) groups is 3. The summed E-state index contributed by atoms with van der Waals surface area (Å²) in [5.74, 6) is -0.176. The molecule has 1 fully saturated rings. The summed E-state index contributed by atoms with van der Waals surface area (Å²) in [5.41, 5.74) is 2.57. The summed E-state index contributed by atoms with van der Waals surface area (Å²) >= 11 is 0. The summed E-state index contributed by atoms with van der Waals surface area (Å²) in [7, 11) is 0. The average molecular weight is 424 g/mol. The van der Waals surface area contributed by atoms with E-state index in [9.17, 15) is 14.4 Å². The number of anilines is 2. The smallest absolute Gasteiger partial charge is 0.262 e. The predicted octanol–water partition coefficient (Wildman–Crippen LogP) is 3.15. The SMILES string of the molecule is CCCNC(=O)[C@H]1CC(=O)N(c2ccc(OCC(=O)Nc3ccccc3CC)cc2)C1. The van der Waals surface area contributed by atoms with Crippen LogP contribution in [0, 0.1) is 5.92 Å². The molecule has 0 unspecified atom stereocenters. The third kappa shape index (κ3) is 5.84. The van der Waals surface area contributed by atoms with E-state index in [1.54, 1.807) is 29.2 Å². The van der Waals surface area contributed by atoms with Gasteiger partial charge in [0.05, 0.1) is 5.92 Å². The van der Waals surface area contributed by atoms with Crippen molar-refractivity contribution in [1.82, 2.24) is 5.32 Å². The monoisotopic (exact) mass is 423 g/mol. The molecule has 7 heteroatoms. The zero-order chi connectivity index (χ0) is 22.2. The number of nitrogens with one attached hydrogen (secondary N) is 2. The first kappa shape index (κ1) is 22.3. The van der Waals surface area contributed by atoms with Crippen molar-refractivity contribution in [3.63, 3.8) is 0 Å². The normalized spacial score (nSPS) is 15.6. The van der Waals surface area contributed by atoms with Crippen molar-refractivity contribution in [2.24, 2.45) is 5.92 Å². The number of hydrogen-bond donors (Lipinski definition) is 2. The van der Waals surface area contributed by atoms with Crippen LogP contribution in [-0.4, -0.2) is 37.4 Å². The van der Waals surface area contributed by atoms with E-state index in [2.05, 4.69) is 10.6 Å². The van der Waals surface area contributed by atoms with Crippen LogP contribution in [0.4, 0.5) is 11.4 Å². The number of hydrogen-bond acceptors (Lipinski definition) is 4. The average Bonchev–Trinajstić information content (AvgIpc) is 3.18. The van der Waals surface area contributed by atoms with E-state index in [-0.39, 0.29) is 36.7 Å². The van der Waals surface area contributed by atoms with Gasteiger partial charge in [0.2, 0.25) is 11.8 Å². The molecule has 3 amide bonds. The number of carbonyl (C=O) groups excluding carboxylic acids is 3. The quantitative estimate of drug-likeness (QED) is 0.649. The molecule has 0 aliphatic carbocycles. The fourth-order valence-electron chi connectivity index (χ4n) is 3.53. The zero-order valence-electron chi connectivity index (χ0n) is 18.0. The lowest BCUT2D eigenvalue weighted by molar-refractivity contribution is -0.126. The minimum Gasteiger partial charge on any atom is -0.484 e. The fraction of sp³-hybridized carbons (Fsp3) is 0.375. The maximum Gasteiger partial charge on any atom is 0.262 e. The molecule has 2 aromatic carbocycles. The first-order valence-electron chi connectivity index (χ1n) is 10.7. The van der Waals surface area contributed by atoms with Crippen molar-refractivity contribution in [2.45, 2.75) is 33.1 Å². The topological polar surface area (TPSA) is 87.7 Å². The highest BCUT2D eigenvalue weighted by atomic mass is 16.5. The number of amides is 3. The van der Waals surface area contributed by atoms with Gasteiger partial charge in [-0.2, -0.15) is 0 Å². The molecule has 2 N–H and O–H groups in total. The van der Waals surface area contributed by atoms with Gasteiger partial charge < -0.3 is 20.3 Å². The second kappa shape index (κ2) is 10.6. The molecule has 1 aliphatic rings. The molecule has 0 saturated carbocycles. The Hall–Kier alpha value is -3.35. The van der Waals surface area contributed by atoms with Gasteiger partial charge in [-0.15, -0.1) is 0 Å². The molecule has 1 heterocycles. The standard InChI is InChI=1S/C24H29N3O4/c1-3-13-25-24(30)18-14-23(29)27(15-18)19-9-11-20(12-10-19)31-16-22(28)26-21-8-6-5-7-17(21)4-2/h5-12,18H,3-4,13-16H2,1-2H3,(H,25,30)(H,26,28)/t18-/m0/s1. The molecule has 1 saturated heterocycles. The Morgan fingerprint density at radius 1 is 1.10 bits per heavy atom. The minimum atomic E-state index is -0.329. The second-order valence-corrected chi connectivity index (χ2v) is 7.54. The number of aryl methyl sites for hydroxylation is 1. The molecule has 0 aromatic heterocycles. The van der Waals surface area contributed by atoms with Crippen molar-refractivity contribution >= 4 is 29.1 Å². The molecule has 31 heavy (non-hydrogen) atoms. The van der Waals surface area contributed by atoms with Crippen molar-refractivity contribution in [3.05, 3.63) is 54.1 Å². The molecule has 7 nitrogen and oxygen atoms in total. The lowest BCUT2D eigenvalue weighted by Gasteiger charge is -2.17. The molecule has 3 rings (SSSR count). The van der Waals surface area contributed by atoms with Crippen LogP contribution in [0.3, 0.4) is 0 Å². The van der Waals surface area contributed by atoms with Gasteiger partial charge >= 0.3 is 0 Å². The third-order valence-electron chi connectivity index (χ3n) is 5.24. The second-order valence-electron chi connectivity index (χ2n) is 7.54. The molecule has 0 spiro atoms. The lowest BCUT2D eigenvalue weighted by Crippen LogP contribution is -2.33. The highest BCUT2D eigenvalue weighted by molar-refractivity contribution is 6.00. The van der Waals surface area contributed by atoms with E-state index in [0.29, 0.717) is 24.5 Å². The van der Waals surface area contributed by atoms with E-state index in [0.717, 1.165) is 24.1 Å². The molecule has 164 valence electrons. The van der Waals surface area contributed by atoms with Gasteiger partial charge in [-0.05, 0) is 48.7 Å². The van der Waals surface area contributed by atoms with E-state index in [4.69, 9.17) is 4.74 Å². The Morgan fingerprint density at radius 3 is 2.55 bits per heavy atom. The van der Waals surface area contributed by atoms with Crippen molar-refractivity contribution in [2.75, 3.05) is 29.9 Å². The summed E-state index contributed by atoms with van der Waals surface area (Å²) in [4.78, 5) is 38.3. The first-order valence-corrected chi connectivity index (χ1v) is 10.7. The van der Waals surface area contributed by atoms with Gasteiger partial charge in [-0.3, -0.25) is 14.4 Å². The van der Waals surface area contributed by atoms with Crippen molar-refractivity contribution in [3.8, 4) is 5.75 Å². The van der Waals surface area contributed by atoms with Gasteiger partial charge in [0, 0.05) is 30.9 Å². The van der Waals surface area contributed by atoms with Crippen LogP contribution in [0.15, 0.2) is 48.5 Å². The minimum absolute atomic E-state index is 0.0701. The van der Waals surface area contributed by atoms with E-state index < -0.39 is 0 Å². The number of rotatable bonds is 9. The van der Waals surface area contributed by atoms with E-state index >= 15 is 0 Å². The summed E-state index contributed by atoms with van der Waals surface area (Å²) in [6.45, 7) is 4.90. The van der Waals surface area contributed by atoms with Crippen LogP contribution in [0.25, 0.3) is 0 Å². The van der Waals surface area contributed by atoms with Crippen LogP contribution in [0.2, 0.25) is 0 Å². The van der Waals surface area contributed by atoms with Crippen LogP contribution in [0.5, 0.6) is 5.75 Å². The van der Waals surface area contributed by atoms with Crippen molar-refractivity contribution in [1.29, 1.82) is 0 Å². The van der Waals surface area contributed by atoms with E-state index in [1.807, 2.05) is 38.1 Å². The Morgan fingerprint density at radius 2 is 1.84 bits per heavy atom. The Kier molecular flexibility index (Phi) is 7.65. The first-order chi connectivity index (χ1) is 15.0. The molecule has 0 radical (unpaired) electrons. The number of nitrogens with zero attached hydrogens (tertiary/aromatic N) is 1. The van der Waals surface area contributed by atoms with Crippen LogP contribution in [0.1, 0.15) is 32.3 Å². The molecular formula is C24H29N3O4. The highest BCUT2D eigenvalue weighted by Crippen LogP contribution is 2.27. The molecule has 1 atom stereocenters. The molecular weight excluding hydrogens is 394 g/mol. The fourth-order valence-corrected chi connectivity index (χ4v) is 3.53. The van der Waals surface area contributed by atoms with Crippen LogP contribution < -0.4 is 20.3 Å². The number of ether oxygens (including phenoxy) is 1. The maximum absolute atomic E-state index is 12.4. The number of para-hydroxylation sites is 1.